The molecule has 1 aromatic rings. The van der Waals surface area contributed by atoms with Gasteiger partial charge >= 0.3 is 0 Å². The normalized spacial score (nSPS) is 15.2. The maximum Gasteiger partial charge on any atom is 0.262 e. The van der Waals surface area contributed by atoms with Gasteiger partial charge < -0.3 is 11.1 Å². The van der Waals surface area contributed by atoms with Crippen LogP contribution in [0.1, 0.15) is 41.0 Å². The zero-order valence-electron chi connectivity index (χ0n) is 11.5. The highest BCUT2D eigenvalue weighted by Crippen LogP contribution is 2.24. The highest BCUT2D eigenvalue weighted by Gasteiger charge is 2.36. The van der Waals surface area contributed by atoms with E-state index >= 15 is 0 Å². The number of carbonyl (C=O) groups excluding carboxylic acids is 3. The average Bonchev–Trinajstić information content (AvgIpc) is 2.63. The lowest BCUT2D eigenvalue weighted by molar-refractivity contribution is -0.122. The molecule has 3 amide bonds. The van der Waals surface area contributed by atoms with Crippen molar-refractivity contribution in [3.05, 3.63) is 29.3 Å². The van der Waals surface area contributed by atoms with E-state index in [9.17, 15) is 14.4 Å². The number of benzene rings is 1. The van der Waals surface area contributed by atoms with E-state index in [0.29, 0.717) is 11.3 Å². The van der Waals surface area contributed by atoms with Crippen LogP contribution in [-0.4, -0.2) is 35.2 Å². The molecule has 6 nitrogen and oxygen atoms in total. The fourth-order valence-corrected chi connectivity index (χ4v) is 2.02. The third-order valence-corrected chi connectivity index (χ3v) is 3.32. The summed E-state index contributed by atoms with van der Waals surface area (Å²) in [5.41, 5.74) is 6.57. The first-order valence-electron chi connectivity index (χ1n) is 6.49. The topological polar surface area (TPSA) is 92.5 Å². The van der Waals surface area contributed by atoms with E-state index in [-0.39, 0.29) is 24.1 Å². The second-order valence-corrected chi connectivity index (χ2v) is 4.88. The fourth-order valence-electron chi connectivity index (χ4n) is 2.02. The summed E-state index contributed by atoms with van der Waals surface area (Å²) in [7, 11) is 0. The molecular weight excluding hydrogens is 258 g/mol. The number of carbonyl (C=O) groups is 3. The van der Waals surface area contributed by atoms with Gasteiger partial charge in [-0.2, -0.15) is 0 Å². The number of nitrogens with two attached hydrogens (primary N) is 1. The van der Waals surface area contributed by atoms with Gasteiger partial charge in [0.15, 0.2) is 0 Å². The molecule has 0 fully saturated rings. The first kappa shape index (κ1) is 14.0. The van der Waals surface area contributed by atoms with Crippen LogP contribution in [0.3, 0.4) is 0 Å². The molecular formula is C14H17N3O3. The molecule has 0 radical (unpaired) electrons. The van der Waals surface area contributed by atoms with Crippen LogP contribution in [0.5, 0.6) is 0 Å². The molecule has 0 bridgehead atoms. The number of nitrogens with zero attached hydrogens (tertiary/aromatic N) is 1. The smallest absolute Gasteiger partial charge is 0.262 e. The molecule has 0 aliphatic carbocycles. The van der Waals surface area contributed by atoms with Crippen molar-refractivity contribution in [2.75, 3.05) is 12.3 Å². The number of nitrogens with one attached hydrogen (secondary N) is 1. The Morgan fingerprint density at radius 2 is 1.95 bits per heavy atom. The number of fused-ring (bicyclic) bond motifs is 1. The van der Waals surface area contributed by atoms with Gasteiger partial charge in [0.25, 0.3) is 11.8 Å². The van der Waals surface area contributed by atoms with Gasteiger partial charge in [-0.3, -0.25) is 19.3 Å². The fraction of sp³-hybridized carbons (Fsp3) is 0.357. The van der Waals surface area contributed by atoms with Crippen molar-refractivity contribution in [2.24, 2.45) is 0 Å². The molecule has 0 aromatic heterocycles. The molecule has 1 unspecified atom stereocenters. The Labute approximate surface area is 116 Å². The van der Waals surface area contributed by atoms with Gasteiger partial charge in [0.05, 0.1) is 11.1 Å². The quantitative estimate of drug-likeness (QED) is 0.627. The van der Waals surface area contributed by atoms with Crippen molar-refractivity contribution in [2.45, 2.75) is 26.3 Å². The van der Waals surface area contributed by atoms with Crippen LogP contribution in [0.2, 0.25) is 0 Å². The van der Waals surface area contributed by atoms with Gasteiger partial charge in [0, 0.05) is 11.7 Å². The van der Waals surface area contributed by atoms with E-state index in [0.717, 1.165) is 11.3 Å². The largest absolute Gasteiger partial charge is 0.399 e. The molecule has 0 spiro atoms. The lowest BCUT2D eigenvalue weighted by Gasteiger charge is -2.16. The summed E-state index contributed by atoms with van der Waals surface area (Å²) < 4.78 is 0. The maximum absolute atomic E-state index is 12.1. The van der Waals surface area contributed by atoms with E-state index in [4.69, 9.17) is 5.73 Å². The Hall–Kier alpha value is -2.37. The molecule has 1 aliphatic heterocycles. The van der Waals surface area contributed by atoms with E-state index in [1.807, 2.05) is 13.8 Å². The summed E-state index contributed by atoms with van der Waals surface area (Å²) in [6.45, 7) is 3.54. The number of anilines is 1. The van der Waals surface area contributed by atoms with Crippen LogP contribution in [0.25, 0.3) is 0 Å². The van der Waals surface area contributed by atoms with Crippen LogP contribution in [0, 0.1) is 0 Å². The summed E-state index contributed by atoms with van der Waals surface area (Å²) in [5.74, 6) is -1.28. The standard InChI is InChI=1S/C14H17N3O3/c1-3-8(2)16-12(18)7-17-13(19)10-5-4-9(15)6-11(10)14(17)20/h4-6,8H,3,7,15H2,1-2H3,(H,16,18). The minimum absolute atomic E-state index is 0.00771. The van der Waals surface area contributed by atoms with E-state index < -0.39 is 11.8 Å². The average molecular weight is 275 g/mol. The Morgan fingerprint density at radius 1 is 1.30 bits per heavy atom. The van der Waals surface area contributed by atoms with Crippen LogP contribution in [-0.2, 0) is 4.79 Å². The number of imide groups is 1. The summed E-state index contributed by atoms with van der Waals surface area (Å²) >= 11 is 0. The third kappa shape index (κ3) is 2.49. The predicted molar refractivity (Wildman–Crippen MR) is 74.1 cm³/mol. The van der Waals surface area contributed by atoms with Crippen molar-refractivity contribution in [1.82, 2.24) is 10.2 Å². The van der Waals surface area contributed by atoms with Crippen LogP contribution in [0.15, 0.2) is 18.2 Å². The van der Waals surface area contributed by atoms with E-state index in [1.54, 1.807) is 6.07 Å². The van der Waals surface area contributed by atoms with Crippen molar-refractivity contribution >= 4 is 23.4 Å². The van der Waals surface area contributed by atoms with Gasteiger partial charge in [0.2, 0.25) is 5.91 Å². The molecule has 20 heavy (non-hydrogen) atoms. The van der Waals surface area contributed by atoms with Crippen LogP contribution < -0.4 is 11.1 Å². The highest BCUT2D eigenvalue weighted by molar-refractivity contribution is 6.22. The first-order chi connectivity index (χ1) is 9.43. The molecule has 106 valence electrons. The lowest BCUT2D eigenvalue weighted by Crippen LogP contribution is -2.43. The second-order valence-electron chi connectivity index (χ2n) is 4.88. The summed E-state index contributed by atoms with van der Waals surface area (Å²) in [4.78, 5) is 37.0. The highest BCUT2D eigenvalue weighted by atomic mass is 16.2. The zero-order valence-corrected chi connectivity index (χ0v) is 11.5. The Morgan fingerprint density at radius 3 is 2.60 bits per heavy atom. The monoisotopic (exact) mass is 275 g/mol. The minimum atomic E-state index is -0.475. The molecule has 1 aliphatic rings. The molecule has 0 saturated carbocycles. The van der Waals surface area contributed by atoms with Crippen molar-refractivity contribution in [3.63, 3.8) is 0 Å². The Bertz CT molecular complexity index is 583. The Balaban J connectivity index is 2.14. The molecule has 3 N–H and O–H groups in total. The first-order valence-corrected chi connectivity index (χ1v) is 6.49. The number of hydrogen-bond donors (Lipinski definition) is 2. The van der Waals surface area contributed by atoms with Crippen molar-refractivity contribution in [3.8, 4) is 0 Å². The van der Waals surface area contributed by atoms with Gasteiger partial charge in [-0.25, -0.2) is 0 Å². The molecule has 6 heteroatoms. The lowest BCUT2D eigenvalue weighted by atomic mass is 10.1. The van der Waals surface area contributed by atoms with Gasteiger partial charge in [-0.1, -0.05) is 6.92 Å². The number of nitrogen functional groups attached to an aromatic ring is 1. The summed E-state index contributed by atoms with van der Waals surface area (Å²) in [6.07, 6.45) is 0.782. The molecule has 0 saturated heterocycles. The van der Waals surface area contributed by atoms with Crippen LogP contribution in [0.4, 0.5) is 5.69 Å². The van der Waals surface area contributed by atoms with Crippen molar-refractivity contribution in [1.29, 1.82) is 0 Å². The number of hydrogen-bond acceptors (Lipinski definition) is 4. The summed E-state index contributed by atoms with van der Waals surface area (Å²) in [6, 6.07) is 4.54. The summed E-state index contributed by atoms with van der Waals surface area (Å²) in [5, 5.41) is 2.73. The zero-order chi connectivity index (χ0) is 14.9. The molecule has 2 rings (SSSR count). The second kappa shape index (κ2) is 5.32. The molecule has 1 atom stereocenters. The number of amides is 3. The minimum Gasteiger partial charge on any atom is -0.399 e. The molecule has 1 heterocycles. The van der Waals surface area contributed by atoms with E-state index in [2.05, 4.69) is 5.32 Å². The van der Waals surface area contributed by atoms with Crippen molar-refractivity contribution < 1.29 is 14.4 Å². The van der Waals surface area contributed by atoms with E-state index in [1.165, 1.54) is 12.1 Å². The SMILES string of the molecule is CCC(C)NC(=O)CN1C(=O)c2ccc(N)cc2C1=O. The Kier molecular flexibility index (Phi) is 3.74. The van der Waals surface area contributed by atoms with Crippen LogP contribution >= 0.6 is 0 Å². The van der Waals surface area contributed by atoms with Gasteiger partial charge in [-0.05, 0) is 31.5 Å². The maximum atomic E-state index is 12.1. The van der Waals surface area contributed by atoms with Gasteiger partial charge in [-0.15, -0.1) is 0 Å². The number of rotatable bonds is 4. The van der Waals surface area contributed by atoms with Gasteiger partial charge in [0.1, 0.15) is 6.54 Å². The molecule has 1 aromatic carbocycles. The predicted octanol–water partition coefficient (Wildman–Crippen LogP) is 0.779. The third-order valence-electron chi connectivity index (χ3n) is 3.32.